The molecule has 0 bridgehead atoms. The normalized spacial score (nSPS) is 12.3. The van der Waals surface area contributed by atoms with E-state index in [0.717, 1.165) is 13.1 Å². The van der Waals surface area contributed by atoms with Gasteiger partial charge in [0.15, 0.2) is 11.5 Å². The molecular weight excluding hydrogens is 330 g/mol. The van der Waals surface area contributed by atoms with Crippen molar-refractivity contribution in [1.82, 2.24) is 15.4 Å². The number of carbonyl (C=O) groups is 1. The predicted molar refractivity (Wildman–Crippen MR) is 98.6 cm³/mol. The minimum Gasteiger partial charge on any atom is -0.461 e. The lowest BCUT2D eigenvalue weighted by atomic mass is 10.1. The lowest BCUT2D eigenvalue weighted by molar-refractivity contribution is 0.0926. The first kappa shape index (κ1) is 17.9. The lowest BCUT2D eigenvalue weighted by Crippen LogP contribution is -2.38. The van der Waals surface area contributed by atoms with Gasteiger partial charge in [-0.3, -0.25) is 9.69 Å². The highest BCUT2D eigenvalue weighted by Crippen LogP contribution is 2.22. The van der Waals surface area contributed by atoms with Crippen LogP contribution in [0.3, 0.4) is 0 Å². The van der Waals surface area contributed by atoms with Crippen LogP contribution < -0.4 is 5.32 Å². The summed E-state index contributed by atoms with van der Waals surface area (Å²) in [6.45, 7) is 6.54. The average Bonchev–Trinajstić information content (AvgIpc) is 3.37. The summed E-state index contributed by atoms with van der Waals surface area (Å²) in [5, 5.41) is 6.82. The smallest absolute Gasteiger partial charge is 0.273 e. The highest BCUT2D eigenvalue weighted by Gasteiger charge is 2.20. The first-order valence-electron chi connectivity index (χ1n) is 8.80. The van der Waals surface area contributed by atoms with Gasteiger partial charge in [0.1, 0.15) is 0 Å². The minimum absolute atomic E-state index is 0.103. The van der Waals surface area contributed by atoms with Crippen LogP contribution in [0.15, 0.2) is 63.7 Å². The Kier molecular flexibility index (Phi) is 5.86. The maximum absolute atomic E-state index is 12.5. The van der Waals surface area contributed by atoms with Crippen molar-refractivity contribution in [2.45, 2.75) is 19.9 Å². The van der Waals surface area contributed by atoms with Crippen molar-refractivity contribution in [2.75, 3.05) is 19.6 Å². The van der Waals surface area contributed by atoms with Gasteiger partial charge in [0, 0.05) is 12.6 Å². The summed E-state index contributed by atoms with van der Waals surface area (Å²) in [6, 6.07) is 15.4. The molecule has 0 aliphatic carbocycles. The van der Waals surface area contributed by atoms with Crippen molar-refractivity contribution in [3.8, 4) is 11.5 Å². The maximum Gasteiger partial charge on any atom is 0.273 e. The number of hydrogen-bond donors (Lipinski definition) is 1. The molecule has 0 spiro atoms. The van der Waals surface area contributed by atoms with Crippen LogP contribution in [0, 0.1) is 0 Å². The summed E-state index contributed by atoms with van der Waals surface area (Å²) in [5.74, 6) is 0.713. The quantitative estimate of drug-likeness (QED) is 0.668. The molecule has 1 N–H and O–H groups in total. The van der Waals surface area contributed by atoms with Gasteiger partial charge in [-0.15, -0.1) is 0 Å². The molecule has 6 nitrogen and oxygen atoms in total. The Morgan fingerprint density at radius 1 is 1.12 bits per heavy atom. The predicted octanol–water partition coefficient (Wildman–Crippen LogP) is 3.75. The molecule has 3 aromatic rings. The molecule has 1 aromatic carbocycles. The highest BCUT2D eigenvalue weighted by atomic mass is 16.5. The SMILES string of the molecule is CCN(CC)C(CNC(=O)c1cc(-c2ccco2)on1)c1ccccc1. The third kappa shape index (κ3) is 4.03. The van der Waals surface area contributed by atoms with E-state index >= 15 is 0 Å². The van der Waals surface area contributed by atoms with Crippen LogP contribution in [0.4, 0.5) is 0 Å². The molecule has 0 aliphatic heterocycles. The zero-order chi connectivity index (χ0) is 18.4. The van der Waals surface area contributed by atoms with Crippen LogP contribution in [0.25, 0.3) is 11.5 Å². The van der Waals surface area contributed by atoms with E-state index in [-0.39, 0.29) is 17.6 Å². The molecule has 1 amide bonds. The number of likely N-dealkylation sites (N-methyl/N-ethyl adjacent to an activating group) is 1. The molecular formula is C20H23N3O3. The largest absolute Gasteiger partial charge is 0.461 e. The summed E-state index contributed by atoms with van der Waals surface area (Å²) in [7, 11) is 0. The van der Waals surface area contributed by atoms with E-state index in [2.05, 4.69) is 41.4 Å². The third-order valence-electron chi connectivity index (χ3n) is 4.40. The average molecular weight is 353 g/mol. The Bertz CT molecular complexity index is 808. The molecule has 1 unspecified atom stereocenters. The summed E-state index contributed by atoms with van der Waals surface area (Å²) in [5.41, 5.74) is 1.41. The number of hydrogen-bond acceptors (Lipinski definition) is 5. The van der Waals surface area contributed by atoms with Gasteiger partial charge < -0.3 is 14.3 Å². The Morgan fingerprint density at radius 3 is 2.54 bits per heavy atom. The molecule has 6 heteroatoms. The van der Waals surface area contributed by atoms with Crippen molar-refractivity contribution in [2.24, 2.45) is 0 Å². The lowest BCUT2D eigenvalue weighted by Gasteiger charge is -2.30. The molecule has 3 rings (SSSR count). The number of benzene rings is 1. The second-order valence-electron chi connectivity index (χ2n) is 5.91. The molecule has 0 saturated carbocycles. The zero-order valence-corrected chi connectivity index (χ0v) is 15.0. The van der Waals surface area contributed by atoms with Crippen LogP contribution in [0.1, 0.15) is 35.9 Å². The summed E-state index contributed by atoms with van der Waals surface area (Å²) < 4.78 is 10.5. The van der Waals surface area contributed by atoms with Gasteiger partial charge in [-0.1, -0.05) is 49.3 Å². The van der Waals surface area contributed by atoms with Crippen molar-refractivity contribution >= 4 is 5.91 Å². The maximum atomic E-state index is 12.5. The van der Waals surface area contributed by atoms with Gasteiger partial charge >= 0.3 is 0 Å². The Morgan fingerprint density at radius 2 is 1.88 bits per heavy atom. The molecule has 2 aromatic heterocycles. The fourth-order valence-corrected chi connectivity index (χ4v) is 2.99. The van der Waals surface area contributed by atoms with Gasteiger partial charge in [0.05, 0.1) is 12.3 Å². The molecule has 136 valence electrons. The summed E-state index contributed by atoms with van der Waals surface area (Å²) in [6.07, 6.45) is 1.55. The highest BCUT2D eigenvalue weighted by molar-refractivity contribution is 5.92. The molecule has 0 fully saturated rings. The van der Waals surface area contributed by atoms with E-state index in [1.165, 1.54) is 5.56 Å². The number of amides is 1. The Hall–Kier alpha value is -2.86. The van der Waals surface area contributed by atoms with Crippen LogP contribution in [0.5, 0.6) is 0 Å². The van der Waals surface area contributed by atoms with Gasteiger partial charge in [0.25, 0.3) is 5.91 Å². The second kappa shape index (κ2) is 8.49. The van der Waals surface area contributed by atoms with E-state index in [1.807, 2.05) is 18.2 Å². The second-order valence-corrected chi connectivity index (χ2v) is 5.91. The molecule has 0 radical (unpaired) electrons. The monoisotopic (exact) mass is 353 g/mol. The van der Waals surface area contributed by atoms with Gasteiger partial charge in [-0.2, -0.15) is 0 Å². The molecule has 0 saturated heterocycles. The third-order valence-corrected chi connectivity index (χ3v) is 4.40. The van der Waals surface area contributed by atoms with Gasteiger partial charge in [-0.05, 0) is 30.8 Å². The zero-order valence-electron chi connectivity index (χ0n) is 15.0. The van der Waals surface area contributed by atoms with Gasteiger partial charge in [-0.25, -0.2) is 0 Å². The van der Waals surface area contributed by atoms with E-state index < -0.39 is 0 Å². The van der Waals surface area contributed by atoms with Gasteiger partial charge in [0.2, 0.25) is 5.76 Å². The first-order valence-corrected chi connectivity index (χ1v) is 8.80. The number of furan rings is 1. The fourth-order valence-electron chi connectivity index (χ4n) is 2.99. The number of nitrogens with zero attached hydrogens (tertiary/aromatic N) is 2. The standard InChI is InChI=1S/C20H23N3O3/c1-3-23(4-2)17(15-9-6-5-7-10-15)14-21-20(24)16-13-19(26-22-16)18-11-8-12-25-18/h5-13,17H,3-4,14H2,1-2H3,(H,21,24). The summed E-state index contributed by atoms with van der Waals surface area (Å²) in [4.78, 5) is 14.8. The topological polar surface area (TPSA) is 71.5 Å². The van der Waals surface area contributed by atoms with Crippen LogP contribution in [0.2, 0.25) is 0 Å². The minimum atomic E-state index is -0.264. The van der Waals surface area contributed by atoms with E-state index in [0.29, 0.717) is 18.1 Å². The number of carbonyl (C=O) groups excluding carboxylic acids is 1. The first-order chi connectivity index (χ1) is 12.7. The van der Waals surface area contributed by atoms with E-state index in [4.69, 9.17) is 8.94 Å². The van der Waals surface area contributed by atoms with Crippen LogP contribution in [-0.4, -0.2) is 35.6 Å². The number of nitrogens with one attached hydrogen (secondary N) is 1. The fraction of sp³-hybridized carbons (Fsp3) is 0.300. The van der Waals surface area contributed by atoms with Crippen molar-refractivity contribution in [1.29, 1.82) is 0 Å². The Balaban J connectivity index is 1.69. The molecule has 1 atom stereocenters. The summed E-state index contributed by atoms with van der Waals surface area (Å²) >= 11 is 0. The molecule has 26 heavy (non-hydrogen) atoms. The van der Waals surface area contributed by atoms with E-state index in [9.17, 15) is 4.79 Å². The Labute approximate surface area is 152 Å². The number of aromatic nitrogens is 1. The van der Waals surface area contributed by atoms with Crippen LogP contribution >= 0.6 is 0 Å². The van der Waals surface area contributed by atoms with Crippen molar-refractivity contribution < 1.29 is 13.7 Å². The van der Waals surface area contributed by atoms with Crippen LogP contribution in [-0.2, 0) is 0 Å². The van der Waals surface area contributed by atoms with E-state index in [1.54, 1.807) is 24.5 Å². The molecule has 2 heterocycles. The molecule has 0 aliphatic rings. The van der Waals surface area contributed by atoms with Crippen molar-refractivity contribution in [3.05, 3.63) is 66.1 Å². The van der Waals surface area contributed by atoms with Crippen molar-refractivity contribution in [3.63, 3.8) is 0 Å². The number of rotatable bonds is 8.